The van der Waals surface area contributed by atoms with Gasteiger partial charge in [-0.2, -0.15) is 10.4 Å². The summed E-state index contributed by atoms with van der Waals surface area (Å²) in [6.45, 7) is 1.92. The van der Waals surface area contributed by atoms with E-state index in [9.17, 15) is 9.65 Å². The molecule has 0 saturated heterocycles. The lowest BCUT2D eigenvalue weighted by Crippen LogP contribution is -2.04. The maximum atomic E-state index is 14.0. The molecule has 108 valence electrons. The van der Waals surface area contributed by atoms with Crippen LogP contribution in [0.25, 0.3) is 16.9 Å². The average Bonchev–Trinajstić information content (AvgIpc) is 2.85. The minimum Gasteiger partial charge on any atom is -0.382 e. The van der Waals surface area contributed by atoms with Crippen molar-refractivity contribution < 1.29 is 4.39 Å². The highest BCUT2D eigenvalue weighted by Crippen LogP contribution is 2.30. The van der Waals surface area contributed by atoms with Gasteiger partial charge in [0.05, 0.1) is 5.69 Å². The van der Waals surface area contributed by atoms with Crippen LogP contribution >= 0.6 is 0 Å². The van der Waals surface area contributed by atoms with Gasteiger partial charge in [-0.05, 0) is 30.7 Å². The summed E-state index contributed by atoms with van der Waals surface area (Å²) in [6, 6.07) is 15.8. The molecule has 0 aliphatic heterocycles. The Morgan fingerprint density at radius 3 is 2.50 bits per heavy atom. The third-order valence-corrected chi connectivity index (χ3v) is 3.51. The van der Waals surface area contributed by atoms with Crippen LogP contribution in [-0.2, 0) is 0 Å². The molecular weight excluding hydrogens is 279 g/mol. The molecule has 0 saturated carbocycles. The summed E-state index contributed by atoms with van der Waals surface area (Å²) in [7, 11) is 0. The predicted octanol–water partition coefficient (Wildman–Crippen LogP) is 3.44. The highest BCUT2D eigenvalue weighted by atomic mass is 19.1. The van der Waals surface area contributed by atoms with Crippen LogP contribution in [0.15, 0.2) is 48.5 Å². The van der Waals surface area contributed by atoms with Crippen LogP contribution in [0.4, 0.5) is 10.2 Å². The van der Waals surface area contributed by atoms with Crippen LogP contribution in [0, 0.1) is 24.1 Å². The lowest BCUT2D eigenvalue weighted by Gasteiger charge is -2.06. The summed E-state index contributed by atoms with van der Waals surface area (Å²) in [5.74, 6) is -0.233. The number of para-hydroxylation sites is 1. The number of nitrogens with zero attached hydrogens (tertiary/aromatic N) is 3. The Labute approximate surface area is 127 Å². The molecule has 0 spiro atoms. The monoisotopic (exact) mass is 292 g/mol. The molecule has 0 radical (unpaired) electrons. The zero-order valence-corrected chi connectivity index (χ0v) is 11.9. The largest absolute Gasteiger partial charge is 0.382 e. The number of benzene rings is 2. The smallest absolute Gasteiger partial charge is 0.145 e. The van der Waals surface area contributed by atoms with Crippen molar-refractivity contribution in [1.29, 1.82) is 5.26 Å². The van der Waals surface area contributed by atoms with Crippen molar-refractivity contribution in [2.24, 2.45) is 0 Å². The fourth-order valence-electron chi connectivity index (χ4n) is 2.37. The highest BCUT2D eigenvalue weighted by molar-refractivity contribution is 5.74. The van der Waals surface area contributed by atoms with Gasteiger partial charge in [-0.15, -0.1) is 0 Å². The molecule has 22 heavy (non-hydrogen) atoms. The van der Waals surface area contributed by atoms with Crippen molar-refractivity contribution in [3.05, 3.63) is 65.5 Å². The van der Waals surface area contributed by atoms with E-state index in [0.717, 1.165) is 11.3 Å². The minimum absolute atomic E-state index is 0.174. The summed E-state index contributed by atoms with van der Waals surface area (Å²) in [4.78, 5) is 0. The number of aromatic nitrogens is 2. The molecule has 2 aromatic carbocycles. The lowest BCUT2D eigenvalue weighted by molar-refractivity contribution is 0.630. The number of halogens is 1. The van der Waals surface area contributed by atoms with E-state index in [1.165, 1.54) is 10.7 Å². The number of rotatable bonds is 2. The molecule has 3 aromatic rings. The summed E-state index contributed by atoms with van der Waals surface area (Å²) in [5, 5.41) is 13.7. The van der Waals surface area contributed by atoms with Gasteiger partial charge in [0, 0.05) is 5.56 Å². The summed E-state index contributed by atoms with van der Waals surface area (Å²) in [5.41, 5.74) is 8.47. The SMILES string of the molecule is Cc1ccccc1-n1nc(-c2ccccc2F)c(C#N)c1N. The van der Waals surface area contributed by atoms with Gasteiger partial charge < -0.3 is 5.73 Å². The highest BCUT2D eigenvalue weighted by Gasteiger charge is 2.20. The second-order valence-electron chi connectivity index (χ2n) is 4.90. The fraction of sp³-hybridized carbons (Fsp3) is 0.0588. The first kappa shape index (κ1) is 13.8. The molecule has 1 heterocycles. The fourth-order valence-corrected chi connectivity index (χ4v) is 2.37. The van der Waals surface area contributed by atoms with Crippen molar-refractivity contribution in [2.45, 2.75) is 6.92 Å². The average molecular weight is 292 g/mol. The Morgan fingerprint density at radius 2 is 1.82 bits per heavy atom. The van der Waals surface area contributed by atoms with Crippen LogP contribution in [-0.4, -0.2) is 9.78 Å². The quantitative estimate of drug-likeness (QED) is 0.786. The standard InChI is InChI=1S/C17H13FN4/c1-11-6-2-5-9-15(11)22-17(20)13(10-19)16(21-22)12-7-3-4-8-14(12)18/h2-9H,20H2,1H3. The van der Waals surface area contributed by atoms with E-state index in [4.69, 9.17) is 5.73 Å². The molecule has 5 heteroatoms. The van der Waals surface area contributed by atoms with E-state index in [2.05, 4.69) is 5.10 Å². The summed E-state index contributed by atoms with van der Waals surface area (Å²) >= 11 is 0. The van der Waals surface area contributed by atoms with Crippen molar-refractivity contribution in [2.75, 3.05) is 5.73 Å². The van der Waals surface area contributed by atoms with E-state index in [1.54, 1.807) is 18.2 Å². The van der Waals surface area contributed by atoms with Crippen molar-refractivity contribution >= 4 is 5.82 Å². The Morgan fingerprint density at radius 1 is 1.14 bits per heavy atom. The molecular formula is C17H13FN4. The van der Waals surface area contributed by atoms with Crippen LogP contribution in [0.3, 0.4) is 0 Å². The first-order chi connectivity index (χ1) is 10.6. The predicted molar refractivity (Wildman–Crippen MR) is 82.8 cm³/mol. The number of anilines is 1. The Bertz CT molecular complexity index is 890. The molecule has 0 bridgehead atoms. The molecule has 0 unspecified atom stereocenters. The van der Waals surface area contributed by atoms with Crippen LogP contribution in [0.5, 0.6) is 0 Å². The van der Waals surface area contributed by atoms with Crippen LogP contribution in [0.1, 0.15) is 11.1 Å². The van der Waals surface area contributed by atoms with Gasteiger partial charge in [-0.25, -0.2) is 9.07 Å². The molecule has 0 aliphatic carbocycles. The molecule has 0 fully saturated rings. The Kier molecular flexibility index (Phi) is 3.36. The number of nitrogen functional groups attached to an aromatic ring is 1. The van der Waals surface area contributed by atoms with Crippen molar-refractivity contribution in [1.82, 2.24) is 9.78 Å². The summed E-state index contributed by atoms with van der Waals surface area (Å²) in [6.07, 6.45) is 0. The number of aryl methyl sites for hydroxylation is 1. The van der Waals surface area contributed by atoms with Gasteiger partial charge in [0.1, 0.15) is 29.0 Å². The van der Waals surface area contributed by atoms with Gasteiger partial charge in [-0.1, -0.05) is 30.3 Å². The van der Waals surface area contributed by atoms with Crippen molar-refractivity contribution in [3.63, 3.8) is 0 Å². The molecule has 0 atom stereocenters. The zero-order chi connectivity index (χ0) is 15.7. The lowest BCUT2D eigenvalue weighted by atomic mass is 10.1. The van der Waals surface area contributed by atoms with Gasteiger partial charge in [-0.3, -0.25) is 0 Å². The third kappa shape index (κ3) is 2.11. The van der Waals surface area contributed by atoms with Crippen LogP contribution < -0.4 is 5.73 Å². The maximum absolute atomic E-state index is 14.0. The Balaban J connectivity index is 2.28. The maximum Gasteiger partial charge on any atom is 0.145 e. The molecule has 1 aromatic heterocycles. The van der Waals surface area contributed by atoms with Gasteiger partial charge >= 0.3 is 0 Å². The number of nitrogens with two attached hydrogens (primary N) is 1. The zero-order valence-electron chi connectivity index (χ0n) is 11.9. The molecule has 3 rings (SSSR count). The third-order valence-electron chi connectivity index (χ3n) is 3.51. The van der Waals surface area contributed by atoms with E-state index in [1.807, 2.05) is 37.3 Å². The van der Waals surface area contributed by atoms with Gasteiger partial charge in [0.2, 0.25) is 0 Å². The minimum atomic E-state index is -0.437. The second-order valence-corrected chi connectivity index (χ2v) is 4.90. The number of nitriles is 1. The van der Waals surface area contributed by atoms with Gasteiger partial charge in [0.25, 0.3) is 0 Å². The first-order valence-corrected chi connectivity index (χ1v) is 6.73. The topological polar surface area (TPSA) is 67.6 Å². The molecule has 0 aliphatic rings. The van der Waals surface area contributed by atoms with E-state index in [-0.39, 0.29) is 22.6 Å². The van der Waals surface area contributed by atoms with Crippen LogP contribution in [0.2, 0.25) is 0 Å². The Hall–Kier alpha value is -3.13. The number of hydrogen-bond acceptors (Lipinski definition) is 3. The second kappa shape index (κ2) is 5.34. The summed E-state index contributed by atoms with van der Waals surface area (Å²) < 4.78 is 15.5. The van der Waals surface area contributed by atoms with Gasteiger partial charge in [0.15, 0.2) is 0 Å². The number of hydrogen-bond donors (Lipinski definition) is 1. The van der Waals surface area contributed by atoms with E-state index in [0.29, 0.717) is 0 Å². The van der Waals surface area contributed by atoms with Crippen molar-refractivity contribution in [3.8, 4) is 23.0 Å². The molecule has 4 nitrogen and oxygen atoms in total. The van der Waals surface area contributed by atoms with E-state index >= 15 is 0 Å². The normalized spacial score (nSPS) is 10.4. The molecule has 0 amide bonds. The first-order valence-electron chi connectivity index (χ1n) is 6.73. The molecule has 2 N–H and O–H groups in total. The van der Waals surface area contributed by atoms with E-state index < -0.39 is 5.82 Å².